The van der Waals surface area contributed by atoms with E-state index in [2.05, 4.69) is 20.2 Å². The van der Waals surface area contributed by atoms with E-state index in [1.165, 1.54) is 11.3 Å². The van der Waals surface area contributed by atoms with Gasteiger partial charge in [-0.2, -0.15) is 5.10 Å². The Morgan fingerprint density at radius 1 is 1.48 bits per heavy atom. The van der Waals surface area contributed by atoms with Crippen LogP contribution in [-0.2, 0) is 0 Å². The van der Waals surface area contributed by atoms with E-state index < -0.39 is 0 Å². The minimum Gasteiger partial charge on any atom is -0.337 e. The van der Waals surface area contributed by atoms with Gasteiger partial charge >= 0.3 is 0 Å². The summed E-state index contributed by atoms with van der Waals surface area (Å²) in [6.45, 7) is 1.48. The van der Waals surface area contributed by atoms with E-state index in [0.29, 0.717) is 11.4 Å². The minimum absolute atomic E-state index is 0.0712. The summed E-state index contributed by atoms with van der Waals surface area (Å²) in [5.41, 5.74) is 3.51. The third kappa shape index (κ3) is 2.09. The number of H-pyrrole nitrogens is 1. The second-order valence-corrected chi connectivity index (χ2v) is 6.00. The highest BCUT2D eigenvalue weighted by atomic mass is 32.1. The van der Waals surface area contributed by atoms with Gasteiger partial charge in [0, 0.05) is 36.3 Å². The van der Waals surface area contributed by atoms with Crippen molar-refractivity contribution in [3.05, 3.63) is 40.6 Å². The molecule has 7 heteroatoms. The molecule has 21 heavy (non-hydrogen) atoms. The molecule has 0 aromatic carbocycles. The number of amides is 1. The summed E-state index contributed by atoms with van der Waals surface area (Å²) in [4.78, 5) is 23.1. The fraction of sp³-hybridized carbons (Fsp3) is 0.286. The number of nitrogens with one attached hydrogen (secondary N) is 1. The number of likely N-dealkylation sites (tertiary alicyclic amines) is 1. The number of nitrogens with zero attached hydrogens (tertiary/aromatic N) is 4. The monoisotopic (exact) mass is 299 g/mol. The van der Waals surface area contributed by atoms with Crippen LogP contribution in [0.4, 0.5) is 0 Å². The molecule has 0 radical (unpaired) electrons. The van der Waals surface area contributed by atoms with E-state index in [1.807, 2.05) is 17.0 Å². The third-order valence-corrected chi connectivity index (χ3v) is 4.65. The molecule has 1 saturated heterocycles. The van der Waals surface area contributed by atoms with E-state index in [-0.39, 0.29) is 11.8 Å². The summed E-state index contributed by atoms with van der Waals surface area (Å²) in [6.07, 6.45) is 4.31. The molecular weight excluding hydrogens is 286 g/mol. The van der Waals surface area contributed by atoms with Gasteiger partial charge in [0.05, 0.1) is 11.7 Å². The lowest BCUT2D eigenvalue weighted by Crippen LogP contribution is -2.27. The fourth-order valence-corrected chi connectivity index (χ4v) is 3.43. The predicted molar refractivity (Wildman–Crippen MR) is 79.3 cm³/mol. The van der Waals surface area contributed by atoms with E-state index >= 15 is 0 Å². The number of aromatic nitrogens is 4. The number of hydrogen-bond donors (Lipinski definition) is 1. The first-order chi connectivity index (χ1) is 10.3. The number of fused-ring (bicyclic) bond motifs is 1. The molecule has 1 N–H and O–H groups in total. The van der Waals surface area contributed by atoms with Crippen molar-refractivity contribution < 1.29 is 4.79 Å². The molecule has 0 bridgehead atoms. The Bertz CT molecular complexity index is 782. The molecule has 1 atom stereocenters. The lowest BCUT2D eigenvalue weighted by molar-refractivity contribution is 0.0795. The molecule has 6 nitrogen and oxygen atoms in total. The predicted octanol–water partition coefficient (Wildman–Crippen LogP) is 2.04. The van der Waals surface area contributed by atoms with Gasteiger partial charge in [-0.05, 0) is 18.6 Å². The van der Waals surface area contributed by atoms with Gasteiger partial charge in [-0.25, -0.2) is 4.98 Å². The quantitative estimate of drug-likeness (QED) is 0.786. The molecule has 0 saturated carbocycles. The van der Waals surface area contributed by atoms with E-state index in [4.69, 9.17) is 0 Å². The standard InChI is InChI=1S/C14H13N5OS/c20-14(11-6-15-8-21-11)19-5-3-9(7-19)12-10-2-1-4-16-13(10)18-17-12/h1-2,4,6,8-9H,3,5,7H2,(H,16,17,18)/t9-/m0/s1. The molecule has 4 rings (SSSR count). The summed E-state index contributed by atoms with van der Waals surface area (Å²) in [5.74, 6) is 0.359. The van der Waals surface area contributed by atoms with E-state index in [1.54, 1.807) is 17.9 Å². The first-order valence-electron chi connectivity index (χ1n) is 6.79. The number of hydrogen-bond acceptors (Lipinski definition) is 5. The molecule has 106 valence electrons. The van der Waals surface area contributed by atoms with Gasteiger partial charge in [0.1, 0.15) is 4.88 Å². The zero-order valence-corrected chi connectivity index (χ0v) is 12.0. The number of rotatable bonds is 2. The number of carbonyl (C=O) groups is 1. The van der Waals surface area contributed by atoms with Crippen LogP contribution < -0.4 is 0 Å². The number of thiazole rings is 1. The summed E-state index contributed by atoms with van der Waals surface area (Å²) in [5, 5.41) is 8.38. The molecule has 3 aromatic rings. The van der Waals surface area contributed by atoms with Crippen molar-refractivity contribution in [2.45, 2.75) is 12.3 Å². The molecule has 1 aliphatic heterocycles. The highest BCUT2D eigenvalue weighted by Crippen LogP contribution is 2.31. The summed E-state index contributed by atoms with van der Waals surface area (Å²) >= 11 is 1.39. The van der Waals surface area contributed by atoms with Crippen molar-refractivity contribution in [1.29, 1.82) is 0 Å². The molecule has 0 aliphatic carbocycles. The fourth-order valence-electron chi connectivity index (χ4n) is 2.84. The topological polar surface area (TPSA) is 74.8 Å². The number of aromatic amines is 1. The highest BCUT2D eigenvalue weighted by molar-refractivity contribution is 7.11. The minimum atomic E-state index is 0.0712. The van der Waals surface area contributed by atoms with Gasteiger partial charge in [0.2, 0.25) is 0 Å². The normalized spacial score (nSPS) is 18.5. The Morgan fingerprint density at radius 3 is 3.29 bits per heavy atom. The smallest absolute Gasteiger partial charge is 0.265 e. The van der Waals surface area contributed by atoms with Crippen LogP contribution in [0, 0.1) is 0 Å². The Labute approximate surface area is 124 Å². The van der Waals surface area contributed by atoms with Crippen LogP contribution in [0.5, 0.6) is 0 Å². The molecule has 1 fully saturated rings. The van der Waals surface area contributed by atoms with Gasteiger partial charge in [-0.1, -0.05) is 0 Å². The van der Waals surface area contributed by atoms with Crippen LogP contribution in [0.25, 0.3) is 11.0 Å². The Balaban J connectivity index is 1.58. The number of carbonyl (C=O) groups excluding carboxylic acids is 1. The van der Waals surface area contributed by atoms with Crippen LogP contribution in [0.2, 0.25) is 0 Å². The SMILES string of the molecule is O=C(c1cncs1)N1CC[C@H](c2[nH]nc3ncccc23)C1. The molecule has 3 aromatic heterocycles. The molecule has 1 amide bonds. The molecular formula is C14H13N5OS. The van der Waals surface area contributed by atoms with Crippen molar-refractivity contribution in [3.63, 3.8) is 0 Å². The zero-order valence-electron chi connectivity index (χ0n) is 11.2. The molecule has 0 unspecified atom stereocenters. The Hall–Kier alpha value is -2.28. The summed E-state index contributed by atoms with van der Waals surface area (Å²) in [7, 11) is 0. The van der Waals surface area contributed by atoms with Gasteiger partial charge in [0.25, 0.3) is 5.91 Å². The largest absolute Gasteiger partial charge is 0.337 e. The van der Waals surface area contributed by atoms with Crippen LogP contribution in [0.1, 0.15) is 27.7 Å². The van der Waals surface area contributed by atoms with Crippen molar-refractivity contribution in [2.75, 3.05) is 13.1 Å². The van der Waals surface area contributed by atoms with E-state index in [0.717, 1.165) is 29.7 Å². The maximum atomic E-state index is 12.3. The lowest BCUT2D eigenvalue weighted by atomic mass is 10.0. The summed E-state index contributed by atoms with van der Waals surface area (Å²) in [6, 6.07) is 3.94. The maximum Gasteiger partial charge on any atom is 0.265 e. The first kappa shape index (κ1) is 12.5. The van der Waals surface area contributed by atoms with Crippen molar-refractivity contribution in [3.8, 4) is 0 Å². The van der Waals surface area contributed by atoms with Crippen molar-refractivity contribution >= 4 is 28.3 Å². The summed E-state index contributed by atoms with van der Waals surface area (Å²) < 4.78 is 0. The Kier molecular flexibility index (Phi) is 2.92. The van der Waals surface area contributed by atoms with Gasteiger partial charge in [0.15, 0.2) is 5.65 Å². The Morgan fingerprint density at radius 2 is 2.43 bits per heavy atom. The molecule has 0 spiro atoms. The van der Waals surface area contributed by atoms with Crippen molar-refractivity contribution in [2.24, 2.45) is 0 Å². The van der Waals surface area contributed by atoms with Crippen molar-refractivity contribution in [1.82, 2.24) is 25.1 Å². The van der Waals surface area contributed by atoms with Gasteiger partial charge in [-0.3, -0.25) is 14.9 Å². The third-order valence-electron chi connectivity index (χ3n) is 3.89. The highest BCUT2D eigenvalue weighted by Gasteiger charge is 2.30. The van der Waals surface area contributed by atoms with Gasteiger partial charge < -0.3 is 4.90 Å². The maximum absolute atomic E-state index is 12.3. The van der Waals surface area contributed by atoms with Crippen LogP contribution in [0.15, 0.2) is 30.0 Å². The molecule has 1 aliphatic rings. The van der Waals surface area contributed by atoms with Crippen LogP contribution >= 0.6 is 11.3 Å². The molecule has 4 heterocycles. The van der Waals surface area contributed by atoms with Crippen LogP contribution in [-0.4, -0.2) is 44.1 Å². The van der Waals surface area contributed by atoms with E-state index in [9.17, 15) is 4.79 Å². The zero-order chi connectivity index (χ0) is 14.2. The second kappa shape index (κ2) is 4.92. The van der Waals surface area contributed by atoms with Crippen LogP contribution in [0.3, 0.4) is 0 Å². The van der Waals surface area contributed by atoms with Gasteiger partial charge in [-0.15, -0.1) is 11.3 Å². The lowest BCUT2D eigenvalue weighted by Gasteiger charge is -2.14. The average molecular weight is 299 g/mol. The number of pyridine rings is 1. The first-order valence-corrected chi connectivity index (χ1v) is 7.67. The average Bonchev–Trinajstić information content (AvgIpc) is 3.25. The second-order valence-electron chi connectivity index (χ2n) is 5.11.